The molecule has 0 radical (unpaired) electrons. The number of thiazole rings is 1. The molecule has 6 nitrogen and oxygen atoms in total. The Hall–Kier alpha value is -2.25. The molecule has 3 heterocycles. The van der Waals surface area contributed by atoms with E-state index < -0.39 is 0 Å². The lowest BCUT2D eigenvalue weighted by Crippen LogP contribution is -2.39. The summed E-state index contributed by atoms with van der Waals surface area (Å²) in [6, 6.07) is 5.77. The predicted molar refractivity (Wildman–Crippen MR) is 102 cm³/mol. The molecule has 2 aromatic heterocycles. The van der Waals surface area contributed by atoms with Crippen molar-refractivity contribution in [3.63, 3.8) is 0 Å². The van der Waals surface area contributed by atoms with E-state index in [4.69, 9.17) is 4.74 Å². The Labute approximate surface area is 156 Å². The summed E-state index contributed by atoms with van der Waals surface area (Å²) < 4.78 is 8.39. The van der Waals surface area contributed by atoms with Gasteiger partial charge in [0.25, 0.3) is 5.91 Å². The number of amides is 1. The van der Waals surface area contributed by atoms with E-state index in [0.717, 1.165) is 47.5 Å². The maximum atomic E-state index is 13.0. The lowest BCUT2D eigenvalue weighted by molar-refractivity contribution is 0.0702. The van der Waals surface area contributed by atoms with Crippen LogP contribution in [0.15, 0.2) is 36.1 Å². The molecule has 1 aromatic carbocycles. The molecule has 1 saturated heterocycles. The number of rotatable bonds is 5. The zero-order chi connectivity index (χ0) is 17.9. The van der Waals surface area contributed by atoms with Crippen molar-refractivity contribution < 1.29 is 9.53 Å². The number of ether oxygens (including phenoxy) is 1. The predicted octanol–water partition coefficient (Wildman–Crippen LogP) is 3.16. The Morgan fingerprint density at radius 2 is 2.31 bits per heavy atom. The lowest BCUT2D eigenvalue weighted by Gasteiger charge is -2.32. The van der Waals surface area contributed by atoms with E-state index in [-0.39, 0.29) is 11.8 Å². The van der Waals surface area contributed by atoms with Crippen molar-refractivity contribution in [2.45, 2.75) is 25.3 Å². The fourth-order valence-electron chi connectivity index (χ4n) is 3.60. The van der Waals surface area contributed by atoms with Crippen molar-refractivity contribution in [3.05, 3.63) is 47.5 Å². The number of piperidine rings is 1. The highest BCUT2D eigenvalue weighted by Gasteiger charge is 2.28. The SMILES string of the molecule is COCCn1ccnc1[C@H]1CCCN(C(=O)c2ccc3ncsc3c2)C1. The number of carbonyl (C=O) groups excluding carboxylic acids is 1. The summed E-state index contributed by atoms with van der Waals surface area (Å²) in [6.45, 7) is 2.96. The largest absolute Gasteiger partial charge is 0.383 e. The molecule has 0 bridgehead atoms. The summed E-state index contributed by atoms with van der Waals surface area (Å²) in [5, 5.41) is 0. The van der Waals surface area contributed by atoms with Gasteiger partial charge in [-0.3, -0.25) is 4.79 Å². The molecular weight excluding hydrogens is 348 g/mol. The van der Waals surface area contributed by atoms with Crippen LogP contribution < -0.4 is 0 Å². The lowest BCUT2D eigenvalue weighted by atomic mass is 9.96. The molecule has 0 unspecified atom stereocenters. The second kappa shape index (κ2) is 7.55. The molecule has 1 aliphatic heterocycles. The van der Waals surface area contributed by atoms with Crippen molar-refractivity contribution in [2.24, 2.45) is 0 Å². The van der Waals surface area contributed by atoms with Crippen LogP contribution in [0.2, 0.25) is 0 Å². The fourth-order valence-corrected chi connectivity index (χ4v) is 4.32. The quantitative estimate of drug-likeness (QED) is 0.692. The molecule has 26 heavy (non-hydrogen) atoms. The van der Waals surface area contributed by atoms with Crippen LogP contribution in [0.3, 0.4) is 0 Å². The number of benzene rings is 1. The minimum Gasteiger partial charge on any atom is -0.383 e. The average Bonchev–Trinajstić information content (AvgIpc) is 3.34. The first-order valence-corrected chi connectivity index (χ1v) is 9.76. The summed E-state index contributed by atoms with van der Waals surface area (Å²) in [7, 11) is 1.71. The summed E-state index contributed by atoms with van der Waals surface area (Å²) in [5.41, 5.74) is 3.50. The number of hydrogen-bond acceptors (Lipinski definition) is 5. The van der Waals surface area contributed by atoms with Gasteiger partial charge >= 0.3 is 0 Å². The van der Waals surface area contributed by atoms with Crippen LogP contribution in [0.5, 0.6) is 0 Å². The molecular formula is C19H22N4O2S. The third kappa shape index (κ3) is 3.37. The van der Waals surface area contributed by atoms with Crippen LogP contribution in [-0.4, -0.2) is 52.1 Å². The number of hydrogen-bond donors (Lipinski definition) is 0. The smallest absolute Gasteiger partial charge is 0.253 e. The molecule has 7 heteroatoms. The van der Waals surface area contributed by atoms with E-state index in [9.17, 15) is 4.79 Å². The van der Waals surface area contributed by atoms with Crippen molar-refractivity contribution in [1.29, 1.82) is 0 Å². The van der Waals surface area contributed by atoms with Gasteiger partial charge in [-0.25, -0.2) is 9.97 Å². The molecule has 1 fully saturated rings. The van der Waals surface area contributed by atoms with Crippen molar-refractivity contribution in [2.75, 3.05) is 26.8 Å². The number of methoxy groups -OCH3 is 1. The van der Waals surface area contributed by atoms with Gasteiger partial charge in [-0.2, -0.15) is 0 Å². The van der Waals surface area contributed by atoms with E-state index >= 15 is 0 Å². The highest BCUT2D eigenvalue weighted by molar-refractivity contribution is 7.16. The molecule has 4 rings (SSSR count). The van der Waals surface area contributed by atoms with Gasteiger partial charge in [0.05, 0.1) is 22.3 Å². The Morgan fingerprint density at radius 3 is 3.19 bits per heavy atom. The van der Waals surface area contributed by atoms with Gasteiger partial charge in [-0.05, 0) is 31.0 Å². The third-order valence-electron chi connectivity index (χ3n) is 4.94. The van der Waals surface area contributed by atoms with E-state index in [1.165, 1.54) is 0 Å². The first-order chi connectivity index (χ1) is 12.8. The standard InChI is InChI=1S/C19H22N4O2S/c1-25-10-9-22-8-6-20-18(22)15-3-2-7-23(12-15)19(24)14-4-5-16-17(11-14)26-13-21-16/h4-6,8,11,13,15H,2-3,7,9-10,12H2,1H3/t15-/m0/s1. The van der Waals surface area contributed by atoms with Gasteiger partial charge in [0, 0.05) is 50.6 Å². The molecule has 0 spiro atoms. The molecule has 1 amide bonds. The molecule has 3 aromatic rings. The minimum absolute atomic E-state index is 0.0972. The van der Waals surface area contributed by atoms with Crippen LogP contribution in [0, 0.1) is 0 Å². The zero-order valence-electron chi connectivity index (χ0n) is 14.8. The normalized spacial score (nSPS) is 17.7. The second-order valence-corrected chi connectivity index (χ2v) is 7.48. The first kappa shape index (κ1) is 17.2. The summed E-state index contributed by atoms with van der Waals surface area (Å²) in [5.74, 6) is 1.42. The maximum Gasteiger partial charge on any atom is 0.253 e. The number of imidazole rings is 1. The molecule has 1 atom stereocenters. The molecule has 1 aliphatic rings. The molecule has 0 N–H and O–H groups in total. The van der Waals surface area contributed by atoms with Crippen molar-refractivity contribution in [3.8, 4) is 0 Å². The molecule has 136 valence electrons. The summed E-state index contributed by atoms with van der Waals surface area (Å²) in [6.07, 6.45) is 5.88. The van der Waals surface area contributed by atoms with Gasteiger partial charge in [0.1, 0.15) is 5.82 Å². The second-order valence-electron chi connectivity index (χ2n) is 6.60. The highest BCUT2D eigenvalue weighted by atomic mass is 32.1. The van der Waals surface area contributed by atoms with Crippen molar-refractivity contribution in [1.82, 2.24) is 19.4 Å². The minimum atomic E-state index is 0.0972. The highest BCUT2D eigenvalue weighted by Crippen LogP contribution is 2.28. The summed E-state index contributed by atoms with van der Waals surface area (Å²) in [4.78, 5) is 23.8. The van der Waals surface area contributed by atoms with Gasteiger partial charge in [-0.1, -0.05) is 0 Å². The van der Waals surface area contributed by atoms with Crippen LogP contribution in [0.4, 0.5) is 0 Å². The number of carbonyl (C=O) groups is 1. The van der Waals surface area contributed by atoms with Gasteiger partial charge in [0.15, 0.2) is 0 Å². The number of nitrogens with zero attached hydrogens (tertiary/aromatic N) is 4. The van der Waals surface area contributed by atoms with E-state index in [1.807, 2.05) is 41.0 Å². The number of likely N-dealkylation sites (tertiary alicyclic amines) is 1. The first-order valence-electron chi connectivity index (χ1n) is 8.89. The number of fused-ring (bicyclic) bond motifs is 1. The van der Waals surface area contributed by atoms with Crippen LogP contribution >= 0.6 is 11.3 Å². The monoisotopic (exact) mass is 370 g/mol. The third-order valence-corrected chi connectivity index (χ3v) is 5.73. The maximum absolute atomic E-state index is 13.0. The zero-order valence-corrected chi connectivity index (χ0v) is 15.6. The fraction of sp³-hybridized carbons (Fsp3) is 0.421. The van der Waals surface area contributed by atoms with Gasteiger partial charge in [0.2, 0.25) is 0 Å². The summed E-state index contributed by atoms with van der Waals surface area (Å²) >= 11 is 1.57. The number of aromatic nitrogens is 3. The molecule has 0 saturated carbocycles. The van der Waals surface area contributed by atoms with Crippen LogP contribution in [0.25, 0.3) is 10.2 Å². The average molecular weight is 370 g/mol. The molecule has 0 aliphatic carbocycles. The van der Waals surface area contributed by atoms with E-state index in [2.05, 4.69) is 14.5 Å². The Morgan fingerprint density at radius 1 is 1.38 bits per heavy atom. The van der Waals surface area contributed by atoms with Gasteiger partial charge in [-0.15, -0.1) is 11.3 Å². The van der Waals surface area contributed by atoms with E-state index in [1.54, 1.807) is 18.4 Å². The topological polar surface area (TPSA) is 60.2 Å². The van der Waals surface area contributed by atoms with E-state index in [0.29, 0.717) is 13.2 Å². The Balaban J connectivity index is 1.51. The van der Waals surface area contributed by atoms with Gasteiger partial charge < -0.3 is 14.2 Å². The van der Waals surface area contributed by atoms with Crippen LogP contribution in [0.1, 0.15) is 34.9 Å². The Bertz CT molecular complexity index is 904. The van der Waals surface area contributed by atoms with Crippen molar-refractivity contribution >= 4 is 27.5 Å². The van der Waals surface area contributed by atoms with Crippen LogP contribution in [-0.2, 0) is 11.3 Å². The Kier molecular flexibility index (Phi) is 4.99.